The van der Waals surface area contributed by atoms with Crippen LogP contribution in [0.4, 0.5) is 0 Å². The van der Waals surface area contributed by atoms with Crippen molar-refractivity contribution >= 4 is 130 Å². The number of rotatable bonds is 6. The first kappa shape index (κ1) is 45.5. The van der Waals surface area contributed by atoms with Crippen molar-refractivity contribution in [2.75, 3.05) is 0 Å². The van der Waals surface area contributed by atoms with Crippen LogP contribution in [0.1, 0.15) is 0 Å². The molecule has 2 N–H and O–H groups in total. The number of nitrogens with one attached hydrogen (secondary N) is 2. The van der Waals surface area contributed by atoms with E-state index in [1.54, 1.807) is 72.8 Å². The Morgan fingerprint density at radius 3 is 1.13 bits per heavy atom. The highest BCUT2D eigenvalue weighted by atomic mass is 127. The number of hydrogen-bond acceptors (Lipinski definition) is 12. The van der Waals surface area contributed by atoms with Gasteiger partial charge in [-0.1, -0.05) is 54.6 Å². The predicted octanol–water partition coefficient (Wildman–Crippen LogP) is 11.0. The first-order valence-corrected chi connectivity index (χ1v) is 29.2. The number of nitrogens with zero attached hydrogens (tertiary/aromatic N) is 9. The molecule has 0 amide bonds. The maximum atomic E-state index is 14.6. The van der Waals surface area contributed by atoms with Crippen LogP contribution in [0.2, 0.25) is 0 Å². The second-order valence-corrected chi connectivity index (χ2v) is 25.1. The van der Waals surface area contributed by atoms with Crippen LogP contribution in [0.15, 0.2) is 197 Å². The van der Waals surface area contributed by atoms with E-state index in [2.05, 4.69) is 32.6 Å². The molecule has 21 heteroatoms. The van der Waals surface area contributed by atoms with Crippen LogP contribution in [-0.2, 0) is 30.1 Å². The van der Waals surface area contributed by atoms with Crippen molar-refractivity contribution in [3.8, 4) is 45.6 Å². The summed E-state index contributed by atoms with van der Waals surface area (Å²) in [7, 11) is -12.5. The van der Waals surface area contributed by atoms with E-state index in [0.717, 1.165) is 19.7 Å². The summed E-state index contributed by atoms with van der Waals surface area (Å²) in [5, 5.41) is 4.40. The molecule has 0 unspecified atom stereocenters. The van der Waals surface area contributed by atoms with Crippen molar-refractivity contribution in [2.24, 2.45) is 0 Å². The number of halogens is 1. The van der Waals surface area contributed by atoms with Gasteiger partial charge in [-0.2, -0.15) is 0 Å². The summed E-state index contributed by atoms with van der Waals surface area (Å²) in [5.74, 6) is 0.612. The van der Waals surface area contributed by atoms with E-state index in [9.17, 15) is 25.3 Å². The van der Waals surface area contributed by atoms with Crippen molar-refractivity contribution in [1.82, 2.24) is 51.8 Å². The van der Waals surface area contributed by atoms with E-state index in [1.807, 2.05) is 54.6 Å². The standard InChI is InChI=1S/C56H32IN11O6S3/c57-34-13-17-38-42(27-34)53-58-49(38)60-54-44-29-36(76(71,72)67-25-22-32-8-2-5-11-47(32)67)15-19-40(44)51(62-54)64-56-45-30-37(77(73,74)68-26-23-33-9-3-6-12-48(33)68)16-20-41(45)52(65-56)63-55-43-28-35(14-18-39(43)50(59-53)61-55)75(69,70)66-24-21-31-7-1-4-10-46(31)66/h1-30H,(H2,58,59,60,61,62,63,64,65). The first-order chi connectivity index (χ1) is 37.3. The molecular weight excluding hydrogens is 1150 g/mol. The molecule has 0 aliphatic carbocycles. The molecule has 13 aromatic rings. The summed E-state index contributed by atoms with van der Waals surface area (Å²) in [6.45, 7) is 0. The van der Waals surface area contributed by atoms with E-state index < -0.39 is 30.1 Å². The second kappa shape index (κ2) is 16.3. The molecular formula is C56H32IN11O6S3. The molecule has 17 nitrogen and oxygen atoms in total. The summed E-state index contributed by atoms with van der Waals surface area (Å²) >= 11 is 2.22. The van der Waals surface area contributed by atoms with Gasteiger partial charge in [0.2, 0.25) is 0 Å². The molecule has 8 heterocycles. The third-order valence-electron chi connectivity index (χ3n) is 14.1. The molecule has 0 saturated carbocycles. The van der Waals surface area contributed by atoms with Gasteiger partial charge in [0.25, 0.3) is 30.1 Å². The molecule has 77 heavy (non-hydrogen) atoms. The lowest BCUT2D eigenvalue weighted by Gasteiger charge is -2.09. The van der Waals surface area contributed by atoms with Crippen LogP contribution in [-0.4, -0.2) is 77.0 Å². The summed E-state index contributed by atoms with van der Waals surface area (Å²) in [6, 6.07) is 46.6. The number of para-hydroxylation sites is 3. The number of benzene rings is 7. The molecule has 0 fully saturated rings. The molecule has 8 bridgehead atoms. The zero-order valence-corrected chi connectivity index (χ0v) is 44.0. The molecule has 15 rings (SSSR count). The molecule has 2 aliphatic heterocycles. The lowest BCUT2D eigenvalue weighted by molar-refractivity contribution is 0.587. The van der Waals surface area contributed by atoms with Crippen molar-refractivity contribution in [3.05, 3.63) is 186 Å². The highest BCUT2D eigenvalue weighted by Gasteiger charge is 2.29. The van der Waals surface area contributed by atoms with Crippen molar-refractivity contribution in [3.63, 3.8) is 0 Å². The zero-order chi connectivity index (χ0) is 52.1. The Kier molecular flexibility index (Phi) is 9.63. The highest BCUT2D eigenvalue weighted by molar-refractivity contribution is 14.1. The number of aromatic amines is 2. The van der Waals surface area contributed by atoms with Crippen LogP contribution in [0.25, 0.3) is 122 Å². The predicted molar refractivity (Wildman–Crippen MR) is 302 cm³/mol. The monoisotopic (exact) mass is 1180 g/mol. The quantitative estimate of drug-likeness (QED) is 0.148. The van der Waals surface area contributed by atoms with Crippen LogP contribution in [0, 0.1) is 3.57 Å². The van der Waals surface area contributed by atoms with Crippen molar-refractivity contribution in [2.45, 2.75) is 14.7 Å². The number of H-pyrrole nitrogens is 2. The minimum Gasteiger partial charge on any atom is -0.324 e. The van der Waals surface area contributed by atoms with Gasteiger partial charge in [0.15, 0.2) is 23.3 Å². The van der Waals surface area contributed by atoms with Gasteiger partial charge in [0, 0.05) is 82.1 Å². The average Bonchev–Trinajstić information content (AvgIpc) is 4.42. The van der Waals surface area contributed by atoms with Gasteiger partial charge in [0.1, 0.15) is 22.6 Å². The van der Waals surface area contributed by atoms with Gasteiger partial charge < -0.3 is 9.97 Å². The SMILES string of the molecule is O=S(=O)(c1ccc2c(c1)-c1nc-2nc2[nH]c(nc3nc(nc4[nH]c(n1)c1ccc(I)cc41)-c1ccc(S(=O)(=O)n4ccc5ccccc54)cc1-3)c1ccc(S(=O)(=O)n3ccc4ccccc43)cc21)n1ccc2ccccc21. The van der Waals surface area contributed by atoms with Gasteiger partial charge in [-0.3, -0.25) is 0 Å². The molecule has 0 saturated heterocycles. The normalized spacial score (nSPS) is 12.8. The Morgan fingerprint density at radius 1 is 0.338 bits per heavy atom. The van der Waals surface area contributed by atoms with E-state index in [4.69, 9.17) is 29.9 Å². The molecule has 372 valence electrons. The third kappa shape index (κ3) is 6.89. The van der Waals surface area contributed by atoms with E-state index >= 15 is 0 Å². The van der Waals surface area contributed by atoms with Crippen molar-refractivity contribution in [1.29, 1.82) is 0 Å². The lowest BCUT2D eigenvalue weighted by atomic mass is 10.1. The van der Waals surface area contributed by atoms with E-state index in [-0.39, 0.29) is 49.3 Å². The fraction of sp³-hybridized carbons (Fsp3) is 0. The molecule has 0 spiro atoms. The van der Waals surface area contributed by atoms with Crippen LogP contribution >= 0.6 is 22.6 Å². The first-order valence-electron chi connectivity index (χ1n) is 23.8. The van der Waals surface area contributed by atoms with E-state index in [0.29, 0.717) is 71.6 Å². The largest absolute Gasteiger partial charge is 0.324 e. The molecule has 6 aromatic heterocycles. The van der Waals surface area contributed by atoms with Gasteiger partial charge in [-0.15, -0.1) is 0 Å². The fourth-order valence-corrected chi connectivity index (χ4v) is 15.0. The molecule has 0 atom stereocenters. The Morgan fingerprint density at radius 2 is 0.688 bits per heavy atom. The minimum atomic E-state index is -4.20. The lowest BCUT2D eigenvalue weighted by Crippen LogP contribution is -2.11. The maximum absolute atomic E-state index is 14.6. The highest BCUT2D eigenvalue weighted by Crippen LogP contribution is 2.40. The Balaban J connectivity index is 1.02. The van der Waals surface area contributed by atoms with Crippen LogP contribution in [0.5, 0.6) is 0 Å². The maximum Gasteiger partial charge on any atom is 0.268 e. The Hall–Kier alpha value is -8.90. The number of aromatic nitrogens is 11. The van der Waals surface area contributed by atoms with Gasteiger partial charge in [-0.25, -0.2) is 67.1 Å². The minimum absolute atomic E-state index is 0.0181. The van der Waals surface area contributed by atoms with Crippen LogP contribution < -0.4 is 0 Å². The van der Waals surface area contributed by atoms with Gasteiger partial charge in [0.05, 0.1) is 31.2 Å². The second-order valence-electron chi connectivity index (χ2n) is 18.4. The van der Waals surface area contributed by atoms with Gasteiger partial charge in [-0.05, 0) is 132 Å². The summed E-state index contributed by atoms with van der Waals surface area (Å²) in [4.78, 5) is 37.1. The summed E-state index contributed by atoms with van der Waals surface area (Å²) in [5.41, 5.74) is 4.29. The number of fused-ring (bicyclic) bond motifs is 23. The summed E-state index contributed by atoms with van der Waals surface area (Å²) in [6.07, 6.45) is 4.56. The third-order valence-corrected chi connectivity index (χ3v) is 19.8. The van der Waals surface area contributed by atoms with E-state index in [1.165, 1.54) is 66.9 Å². The molecule has 0 radical (unpaired) electrons. The smallest absolute Gasteiger partial charge is 0.268 e. The Labute approximate surface area is 449 Å². The molecule has 2 aliphatic rings. The van der Waals surface area contributed by atoms with Crippen molar-refractivity contribution < 1.29 is 25.3 Å². The van der Waals surface area contributed by atoms with Crippen LogP contribution in [0.3, 0.4) is 0 Å². The average molecular weight is 1180 g/mol. The summed E-state index contributed by atoms with van der Waals surface area (Å²) < 4.78 is 92.0. The van der Waals surface area contributed by atoms with Gasteiger partial charge >= 0.3 is 0 Å². The Bertz CT molecular complexity index is 5220. The topological polar surface area (TPSA) is 226 Å². The fourth-order valence-electron chi connectivity index (χ4n) is 10.3. The zero-order valence-electron chi connectivity index (χ0n) is 39.4. The number of hydrogen-bond donors (Lipinski definition) is 2. The molecule has 7 aromatic carbocycles.